The second-order valence-corrected chi connectivity index (χ2v) is 7.77. The van der Waals surface area contributed by atoms with E-state index in [0.29, 0.717) is 22.1 Å². The molecule has 0 heterocycles. The van der Waals surface area contributed by atoms with Crippen molar-refractivity contribution in [3.63, 3.8) is 0 Å². The summed E-state index contributed by atoms with van der Waals surface area (Å²) in [7, 11) is 8.36. The maximum atomic E-state index is 12.3. The van der Waals surface area contributed by atoms with Gasteiger partial charge in [0.2, 0.25) is 0 Å². The van der Waals surface area contributed by atoms with Gasteiger partial charge in [-0.05, 0) is 27.7 Å². The molecule has 0 saturated carbocycles. The highest BCUT2D eigenvalue weighted by molar-refractivity contribution is 5.77. The number of quaternary nitrogens is 2. The summed E-state index contributed by atoms with van der Waals surface area (Å²) >= 11 is 0. The number of hydrogen-bond acceptors (Lipinski definition) is 2. The van der Waals surface area contributed by atoms with Crippen LogP contribution in [0.15, 0.2) is 0 Å². The average molecular weight is 345 g/mol. The molecule has 0 aromatic rings. The Labute approximate surface area is 149 Å². The van der Waals surface area contributed by atoms with E-state index in [9.17, 15) is 9.59 Å². The summed E-state index contributed by atoms with van der Waals surface area (Å²) in [5.74, 6) is 0.407. The Bertz CT molecular complexity index is 362. The van der Waals surface area contributed by atoms with Crippen LogP contribution in [-0.4, -0.2) is 111 Å². The first-order valence-corrected chi connectivity index (χ1v) is 9.21. The monoisotopic (exact) mass is 344 g/mol. The van der Waals surface area contributed by atoms with E-state index >= 15 is 0 Å². The summed E-state index contributed by atoms with van der Waals surface area (Å²) < 4.78 is 1.30. The highest BCUT2D eigenvalue weighted by atomic mass is 16.2. The van der Waals surface area contributed by atoms with Crippen LogP contribution < -0.4 is 0 Å². The number of nitrogens with zero attached hydrogens (tertiary/aromatic N) is 4. The van der Waals surface area contributed by atoms with Gasteiger partial charge in [-0.3, -0.25) is 9.59 Å². The van der Waals surface area contributed by atoms with Gasteiger partial charge in [0, 0.05) is 26.2 Å². The Balaban J connectivity index is 4.61. The van der Waals surface area contributed by atoms with Gasteiger partial charge in [0.1, 0.15) is 13.1 Å². The molecule has 0 aliphatic rings. The summed E-state index contributed by atoms with van der Waals surface area (Å²) in [4.78, 5) is 28.4. The van der Waals surface area contributed by atoms with Gasteiger partial charge < -0.3 is 18.8 Å². The van der Waals surface area contributed by atoms with Crippen LogP contribution in [0.4, 0.5) is 0 Å². The molecule has 6 heteroatoms. The molecule has 0 aromatic carbocycles. The summed E-state index contributed by atoms with van der Waals surface area (Å²) in [6, 6.07) is 0. The summed E-state index contributed by atoms with van der Waals surface area (Å²) in [6.45, 7) is 13.8. The molecule has 0 radical (unpaired) electrons. The van der Waals surface area contributed by atoms with Gasteiger partial charge >= 0.3 is 0 Å². The number of likely N-dealkylation sites (N-methyl/N-ethyl adjacent to an activating group) is 4. The van der Waals surface area contributed by atoms with Gasteiger partial charge in [-0.1, -0.05) is 0 Å². The topological polar surface area (TPSA) is 40.6 Å². The van der Waals surface area contributed by atoms with Gasteiger partial charge in [0.25, 0.3) is 11.8 Å². The zero-order valence-electron chi connectivity index (χ0n) is 17.3. The quantitative estimate of drug-likeness (QED) is 0.522. The second-order valence-electron chi connectivity index (χ2n) is 7.77. The van der Waals surface area contributed by atoms with Crippen LogP contribution in [0.1, 0.15) is 27.7 Å². The molecule has 0 saturated heterocycles. The lowest BCUT2D eigenvalue weighted by Gasteiger charge is -2.36. The number of hydrogen-bond donors (Lipinski definition) is 0. The molecular formula is C18H40N4O2+2. The number of rotatable bonds is 11. The highest BCUT2D eigenvalue weighted by Gasteiger charge is 2.29. The molecule has 0 spiro atoms. The third-order valence-electron chi connectivity index (χ3n) is 4.67. The van der Waals surface area contributed by atoms with Crippen LogP contribution in [0.5, 0.6) is 0 Å². The Kier molecular flexibility index (Phi) is 9.51. The largest absolute Gasteiger partial charge is 0.338 e. The van der Waals surface area contributed by atoms with E-state index in [2.05, 4.69) is 28.2 Å². The van der Waals surface area contributed by atoms with Gasteiger partial charge in [0.15, 0.2) is 13.1 Å². The standard InChI is InChI=1S/C18H40N4O2/c1-9-19(10-2)17(23)15-21(5,6)13-14-22(7,8)16-18(24)20(11-3)12-4/h9-16H2,1-8H3/q+2. The SMILES string of the molecule is CCN(CC)C(=O)C[N+](C)(C)CC[N+](C)(C)CC(=O)N(CC)CC. The number of carbonyl (C=O) groups excluding carboxylic acids is 2. The highest BCUT2D eigenvalue weighted by Crippen LogP contribution is 2.06. The molecular weight excluding hydrogens is 304 g/mol. The van der Waals surface area contributed by atoms with Crippen molar-refractivity contribution in [2.75, 3.05) is 80.5 Å². The Morgan fingerprint density at radius 1 is 0.625 bits per heavy atom. The van der Waals surface area contributed by atoms with E-state index in [1.54, 1.807) is 0 Å². The van der Waals surface area contributed by atoms with E-state index in [4.69, 9.17) is 0 Å². The molecule has 0 aliphatic carbocycles. The van der Waals surface area contributed by atoms with E-state index in [1.807, 2.05) is 37.5 Å². The lowest BCUT2D eigenvalue weighted by Crippen LogP contribution is -2.56. The summed E-state index contributed by atoms with van der Waals surface area (Å²) in [6.07, 6.45) is 0. The van der Waals surface area contributed by atoms with Crippen molar-refractivity contribution in [2.24, 2.45) is 0 Å². The van der Waals surface area contributed by atoms with Crippen LogP contribution in [0.25, 0.3) is 0 Å². The van der Waals surface area contributed by atoms with Crippen molar-refractivity contribution in [1.82, 2.24) is 9.80 Å². The Morgan fingerprint density at radius 2 is 0.875 bits per heavy atom. The molecule has 0 fully saturated rings. The van der Waals surface area contributed by atoms with E-state index in [-0.39, 0.29) is 11.8 Å². The maximum absolute atomic E-state index is 12.3. The number of amides is 2. The van der Waals surface area contributed by atoms with Crippen LogP contribution in [0.2, 0.25) is 0 Å². The smallest absolute Gasteiger partial charge is 0.277 e. The zero-order chi connectivity index (χ0) is 19.0. The normalized spacial score (nSPS) is 12.2. The van der Waals surface area contributed by atoms with Gasteiger partial charge in [-0.25, -0.2) is 0 Å². The second kappa shape index (κ2) is 9.99. The van der Waals surface area contributed by atoms with E-state index in [1.165, 1.54) is 0 Å². The fourth-order valence-electron chi connectivity index (χ4n) is 2.78. The Hall–Kier alpha value is -1.14. The predicted molar refractivity (Wildman–Crippen MR) is 99.5 cm³/mol. The zero-order valence-corrected chi connectivity index (χ0v) is 17.3. The minimum atomic E-state index is 0.203. The first-order valence-electron chi connectivity index (χ1n) is 9.21. The average Bonchev–Trinajstić information content (AvgIpc) is 2.47. The van der Waals surface area contributed by atoms with Crippen molar-refractivity contribution in [3.05, 3.63) is 0 Å². The fourth-order valence-corrected chi connectivity index (χ4v) is 2.78. The minimum Gasteiger partial charge on any atom is -0.338 e. The lowest BCUT2D eigenvalue weighted by molar-refractivity contribution is -0.938. The molecule has 0 atom stereocenters. The van der Waals surface area contributed by atoms with Crippen LogP contribution in [-0.2, 0) is 9.59 Å². The Morgan fingerprint density at radius 3 is 1.08 bits per heavy atom. The van der Waals surface area contributed by atoms with Gasteiger partial charge in [-0.2, -0.15) is 0 Å². The predicted octanol–water partition coefficient (Wildman–Crippen LogP) is 0.876. The molecule has 2 amide bonds. The van der Waals surface area contributed by atoms with Crippen molar-refractivity contribution >= 4 is 11.8 Å². The van der Waals surface area contributed by atoms with Crippen molar-refractivity contribution in [1.29, 1.82) is 0 Å². The van der Waals surface area contributed by atoms with Crippen LogP contribution >= 0.6 is 0 Å². The van der Waals surface area contributed by atoms with Crippen LogP contribution in [0.3, 0.4) is 0 Å². The fraction of sp³-hybridized carbons (Fsp3) is 0.889. The van der Waals surface area contributed by atoms with Gasteiger partial charge in [-0.15, -0.1) is 0 Å². The first-order chi connectivity index (χ1) is 11.0. The minimum absolute atomic E-state index is 0.203. The molecule has 6 nitrogen and oxygen atoms in total. The molecule has 0 aromatic heterocycles. The molecule has 142 valence electrons. The molecule has 0 aliphatic heterocycles. The molecule has 0 rings (SSSR count). The summed E-state index contributed by atoms with van der Waals surface area (Å²) in [5, 5.41) is 0. The van der Waals surface area contributed by atoms with Gasteiger partial charge in [0.05, 0.1) is 28.2 Å². The third kappa shape index (κ3) is 8.11. The molecule has 0 N–H and O–H groups in total. The third-order valence-corrected chi connectivity index (χ3v) is 4.67. The van der Waals surface area contributed by atoms with Crippen LogP contribution in [0, 0.1) is 0 Å². The van der Waals surface area contributed by atoms with Crippen molar-refractivity contribution in [3.8, 4) is 0 Å². The van der Waals surface area contributed by atoms with Crippen molar-refractivity contribution < 1.29 is 18.6 Å². The van der Waals surface area contributed by atoms with E-state index in [0.717, 1.165) is 39.3 Å². The number of carbonyl (C=O) groups is 2. The summed E-state index contributed by atoms with van der Waals surface area (Å²) in [5.41, 5.74) is 0. The molecule has 0 bridgehead atoms. The molecule has 0 unspecified atom stereocenters. The lowest BCUT2D eigenvalue weighted by atomic mass is 10.3. The maximum Gasteiger partial charge on any atom is 0.277 e. The van der Waals surface area contributed by atoms with E-state index < -0.39 is 0 Å². The molecule has 24 heavy (non-hydrogen) atoms. The first kappa shape index (κ1) is 22.9. The van der Waals surface area contributed by atoms with Crippen molar-refractivity contribution in [2.45, 2.75) is 27.7 Å².